The van der Waals surface area contributed by atoms with Crippen LogP contribution < -0.4 is 4.74 Å². The van der Waals surface area contributed by atoms with Crippen molar-refractivity contribution in [2.24, 2.45) is 4.99 Å². The second kappa shape index (κ2) is 13.6. The second-order valence-electron chi connectivity index (χ2n) is 12.9. The van der Waals surface area contributed by atoms with Crippen molar-refractivity contribution in [3.8, 4) is 28.1 Å². The highest BCUT2D eigenvalue weighted by atomic mass is 19.2. The van der Waals surface area contributed by atoms with Gasteiger partial charge in [-0.25, -0.2) is 4.99 Å². The molecule has 0 atom stereocenters. The Morgan fingerprint density at radius 3 is 1.66 bits per heavy atom. The van der Waals surface area contributed by atoms with E-state index in [1.807, 2.05) is 99.6 Å². The first-order valence-corrected chi connectivity index (χ1v) is 16.7. The average molecular weight is 659 g/mol. The zero-order valence-corrected chi connectivity index (χ0v) is 28.8. The number of nitrogens with zero attached hydrogens (tertiary/aromatic N) is 2. The fraction of sp³-hybridized carbons (Fsp3) is 0.114. The molecule has 0 unspecified atom stereocenters. The van der Waals surface area contributed by atoms with Crippen LogP contribution >= 0.6 is 0 Å². The minimum atomic E-state index is -2.86. The van der Waals surface area contributed by atoms with Crippen molar-refractivity contribution in [2.75, 3.05) is 7.11 Å². The topological polar surface area (TPSA) is 26.5 Å². The lowest BCUT2D eigenvalue weighted by Gasteiger charge is -2.20. The lowest BCUT2D eigenvalue weighted by atomic mass is 9.89. The van der Waals surface area contributed by atoms with Crippen molar-refractivity contribution in [3.63, 3.8) is 0 Å². The molecular formula is C44H37BF2N2O. The van der Waals surface area contributed by atoms with Crippen LogP contribution in [-0.4, -0.2) is 24.7 Å². The molecule has 6 aromatic rings. The van der Waals surface area contributed by atoms with Crippen LogP contribution in [0.1, 0.15) is 44.6 Å². The largest absolute Gasteiger partial charge is 0.678 e. The van der Waals surface area contributed by atoms with Gasteiger partial charge in [-0.15, -0.1) is 0 Å². The van der Waals surface area contributed by atoms with E-state index in [1.54, 1.807) is 7.11 Å². The van der Waals surface area contributed by atoms with Gasteiger partial charge in [-0.1, -0.05) is 138 Å². The van der Waals surface area contributed by atoms with Crippen LogP contribution in [0.25, 0.3) is 33.5 Å². The Morgan fingerprint density at radius 1 is 0.620 bits per heavy atom. The number of hydrogen-bond donors (Lipinski definition) is 0. The van der Waals surface area contributed by atoms with Crippen LogP contribution in [0.4, 0.5) is 8.63 Å². The summed E-state index contributed by atoms with van der Waals surface area (Å²) in [5, 5.41) is 0. The quantitative estimate of drug-likeness (QED) is 0.150. The van der Waals surface area contributed by atoms with Crippen LogP contribution in [0.5, 0.6) is 5.75 Å². The SMILES string of the molecule is COc1ccccc1/C(=C1/N=C(c2ccc(C)cc2)C=C1c1ccc(C)cc1)c1c(-c2ccc(C)cc2)cc(-c2ccc(C)cc2)n1B(F)F. The Bertz CT molecular complexity index is 2280. The predicted molar refractivity (Wildman–Crippen MR) is 204 cm³/mol. The number of hydrogen-bond acceptors (Lipinski definition) is 2. The maximum Gasteiger partial charge on any atom is 0.678 e. The molecule has 246 valence electrons. The van der Waals surface area contributed by atoms with Crippen molar-refractivity contribution >= 4 is 24.3 Å². The Morgan fingerprint density at radius 2 is 1.12 bits per heavy atom. The summed E-state index contributed by atoms with van der Waals surface area (Å²) >= 11 is 0. The third kappa shape index (κ3) is 6.25. The first-order chi connectivity index (χ1) is 24.2. The van der Waals surface area contributed by atoms with Crippen LogP contribution in [0.15, 0.2) is 144 Å². The van der Waals surface area contributed by atoms with Crippen molar-refractivity contribution < 1.29 is 13.4 Å². The molecule has 0 amide bonds. The number of aryl methyl sites for hydroxylation is 4. The monoisotopic (exact) mass is 658 g/mol. The normalized spacial score (nSPS) is 13.6. The number of benzene rings is 5. The molecule has 0 fully saturated rings. The highest BCUT2D eigenvalue weighted by Gasteiger charge is 2.34. The van der Waals surface area contributed by atoms with Gasteiger partial charge in [0.2, 0.25) is 0 Å². The third-order valence-electron chi connectivity index (χ3n) is 9.27. The van der Waals surface area contributed by atoms with Crippen LogP contribution in [0.2, 0.25) is 0 Å². The number of aliphatic imine (C=N–C) groups is 1. The van der Waals surface area contributed by atoms with Crippen LogP contribution in [-0.2, 0) is 0 Å². The fourth-order valence-electron chi connectivity index (χ4n) is 6.54. The van der Waals surface area contributed by atoms with Gasteiger partial charge in [0.15, 0.2) is 0 Å². The summed E-state index contributed by atoms with van der Waals surface area (Å²) in [5.74, 6) is 0.561. The van der Waals surface area contributed by atoms with Gasteiger partial charge < -0.3 is 9.21 Å². The molecule has 3 nitrogen and oxygen atoms in total. The van der Waals surface area contributed by atoms with Gasteiger partial charge in [0.05, 0.1) is 24.2 Å². The summed E-state index contributed by atoms with van der Waals surface area (Å²) in [5.41, 5.74) is 12.7. The zero-order valence-electron chi connectivity index (χ0n) is 28.8. The number of ether oxygens (including phenoxy) is 1. The smallest absolute Gasteiger partial charge is 0.496 e. The molecule has 7 rings (SSSR count). The molecule has 1 aliphatic rings. The summed E-state index contributed by atoms with van der Waals surface area (Å²) in [4.78, 5) is 5.33. The van der Waals surface area contributed by atoms with Gasteiger partial charge in [-0.2, -0.15) is 0 Å². The Kier molecular flexibility index (Phi) is 8.94. The van der Waals surface area contributed by atoms with Gasteiger partial charge in [0.1, 0.15) is 5.75 Å². The molecule has 50 heavy (non-hydrogen) atoms. The summed E-state index contributed by atoms with van der Waals surface area (Å²) in [6, 6.07) is 41.7. The molecule has 0 radical (unpaired) electrons. The number of methoxy groups -OCH3 is 1. The standard InChI is InChI=1S/C44H37BF2N2O/c1-28-10-18-32(19-11-28)37-26-39(34-22-14-30(3)15-23-34)48-43(37)42(36-8-6-7-9-41(36)50-5)44-38(33-20-12-29(2)13-21-33)27-40(49(44)45(46)47)35-24-16-31(4)17-25-35/h6-27H,1-5H3/b43-42-. The minimum absolute atomic E-state index is 0.367. The molecule has 0 N–H and O–H groups in total. The highest BCUT2D eigenvalue weighted by Crippen LogP contribution is 2.47. The second-order valence-corrected chi connectivity index (χ2v) is 12.9. The van der Waals surface area contributed by atoms with E-state index < -0.39 is 7.40 Å². The lowest BCUT2D eigenvalue weighted by Crippen LogP contribution is -2.18. The molecule has 0 bridgehead atoms. The van der Waals surface area contributed by atoms with Gasteiger partial charge in [-0.05, 0) is 62.6 Å². The van der Waals surface area contributed by atoms with E-state index in [1.165, 1.54) is 4.48 Å². The predicted octanol–water partition coefficient (Wildman–Crippen LogP) is 11.2. The average Bonchev–Trinajstić information content (AvgIpc) is 3.73. The Hall–Kier alpha value is -5.75. The van der Waals surface area contributed by atoms with E-state index >= 15 is 8.63 Å². The fourth-order valence-corrected chi connectivity index (χ4v) is 6.54. The van der Waals surface area contributed by atoms with E-state index in [-0.39, 0.29) is 0 Å². The van der Waals surface area contributed by atoms with Crippen molar-refractivity contribution in [1.82, 2.24) is 4.48 Å². The van der Waals surface area contributed by atoms with E-state index in [9.17, 15) is 0 Å². The summed E-state index contributed by atoms with van der Waals surface area (Å²) < 4.78 is 38.9. The number of para-hydroxylation sites is 1. The third-order valence-corrected chi connectivity index (χ3v) is 9.27. The summed E-state index contributed by atoms with van der Waals surface area (Å²) in [7, 11) is -1.25. The maximum absolute atomic E-state index is 15.9. The summed E-state index contributed by atoms with van der Waals surface area (Å²) in [6.07, 6.45) is 2.07. The van der Waals surface area contributed by atoms with Gasteiger partial charge in [0.25, 0.3) is 0 Å². The molecule has 0 saturated heterocycles. The Labute approximate surface area is 293 Å². The van der Waals surface area contributed by atoms with E-state index in [0.717, 1.165) is 50.2 Å². The number of aromatic nitrogens is 1. The molecule has 0 aliphatic carbocycles. The van der Waals surface area contributed by atoms with Crippen molar-refractivity contribution in [2.45, 2.75) is 27.7 Å². The van der Waals surface area contributed by atoms with Crippen molar-refractivity contribution in [1.29, 1.82) is 0 Å². The van der Waals surface area contributed by atoms with Gasteiger partial charge in [0, 0.05) is 33.5 Å². The number of rotatable bonds is 8. The van der Waals surface area contributed by atoms with E-state index in [2.05, 4.69) is 61.5 Å². The van der Waals surface area contributed by atoms with E-state index in [4.69, 9.17) is 9.73 Å². The molecular weight excluding hydrogens is 621 g/mol. The molecule has 0 spiro atoms. The zero-order chi connectivity index (χ0) is 34.9. The molecule has 1 aromatic heterocycles. The van der Waals surface area contributed by atoms with Crippen LogP contribution in [0, 0.1) is 27.7 Å². The summed E-state index contributed by atoms with van der Waals surface area (Å²) in [6.45, 7) is 8.11. The maximum atomic E-state index is 15.9. The van der Waals surface area contributed by atoms with E-state index in [0.29, 0.717) is 45.1 Å². The molecule has 6 heteroatoms. The highest BCUT2D eigenvalue weighted by molar-refractivity contribution is 6.42. The Balaban J connectivity index is 1.65. The molecule has 0 saturated carbocycles. The number of allylic oxidation sites excluding steroid dienone is 2. The molecule has 1 aliphatic heterocycles. The lowest BCUT2D eigenvalue weighted by molar-refractivity contribution is 0.413. The minimum Gasteiger partial charge on any atom is -0.496 e. The molecule has 2 heterocycles. The van der Waals surface area contributed by atoms with Crippen molar-refractivity contribution in [3.05, 3.63) is 184 Å². The molecule has 5 aromatic carbocycles. The first-order valence-electron chi connectivity index (χ1n) is 16.7. The first kappa shape index (κ1) is 32.8. The number of halogens is 2. The van der Waals surface area contributed by atoms with Crippen LogP contribution in [0.3, 0.4) is 0 Å². The van der Waals surface area contributed by atoms with Gasteiger partial charge >= 0.3 is 7.40 Å². The van der Waals surface area contributed by atoms with Gasteiger partial charge in [-0.3, -0.25) is 8.63 Å².